The predicted molar refractivity (Wildman–Crippen MR) is 72.2 cm³/mol. The van der Waals surface area contributed by atoms with Gasteiger partial charge in [0.1, 0.15) is 5.75 Å². The van der Waals surface area contributed by atoms with Crippen molar-refractivity contribution in [2.24, 2.45) is 0 Å². The van der Waals surface area contributed by atoms with Crippen LogP contribution in [-0.4, -0.2) is 24.2 Å². The molecule has 1 N–H and O–H groups in total. The van der Waals surface area contributed by atoms with Crippen LogP contribution in [-0.2, 0) is 11.2 Å². The molecule has 0 saturated heterocycles. The van der Waals surface area contributed by atoms with Gasteiger partial charge in [-0.15, -0.1) is 13.2 Å². The first-order valence-corrected chi connectivity index (χ1v) is 7.15. The van der Waals surface area contributed by atoms with Gasteiger partial charge in [0.15, 0.2) is 0 Å². The molecule has 0 heterocycles. The van der Waals surface area contributed by atoms with Crippen molar-refractivity contribution in [3.63, 3.8) is 0 Å². The average molecular weight is 337 g/mol. The highest BCUT2D eigenvalue weighted by Crippen LogP contribution is 2.33. The number of alkyl halides is 5. The maximum absolute atomic E-state index is 13.0. The van der Waals surface area contributed by atoms with Gasteiger partial charge in [0, 0.05) is 18.9 Å². The quantitative estimate of drug-likeness (QED) is 0.848. The molecule has 1 fully saturated rings. The zero-order chi connectivity index (χ0) is 17.1. The Bertz CT molecular complexity index is 532. The molecule has 0 bridgehead atoms. The van der Waals surface area contributed by atoms with E-state index in [4.69, 9.17) is 0 Å². The van der Waals surface area contributed by atoms with Crippen LogP contribution >= 0.6 is 0 Å². The first-order valence-electron chi connectivity index (χ1n) is 7.15. The van der Waals surface area contributed by atoms with Gasteiger partial charge in [-0.3, -0.25) is 4.79 Å². The third kappa shape index (κ3) is 6.03. The monoisotopic (exact) mass is 337 g/mol. The zero-order valence-corrected chi connectivity index (χ0v) is 12.1. The fourth-order valence-corrected chi connectivity index (χ4v) is 2.46. The van der Waals surface area contributed by atoms with Crippen LogP contribution in [0.15, 0.2) is 24.3 Å². The SMILES string of the molecule is O=C(Cc1ccc(OC(F)(F)F)cc1)NC1CCC(F)(F)CC1. The van der Waals surface area contributed by atoms with Crippen LogP contribution in [0.1, 0.15) is 31.2 Å². The van der Waals surface area contributed by atoms with Crippen LogP contribution in [0.3, 0.4) is 0 Å². The topological polar surface area (TPSA) is 38.3 Å². The van der Waals surface area contributed by atoms with Gasteiger partial charge in [0.2, 0.25) is 11.8 Å². The molecule has 0 aliphatic heterocycles. The fraction of sp³-hybridized carbons (Fsp3) is 0.533. The summed E-state index contributed by atoms with van der Waals surface area (Å²) in [7, 11) is 0. The van der Waals surface area contributed by atoms with Crippen molar-refractivity contribution < 1.29 is 31.5 Å². The first kappa shape index (κ1) is 17.5. The lowest BCUT2D eigenvalue weighted by molar-refractivity contribution is -0.274. The van der Waals surface area contributed by atoms with Crippen LogP contribution in [0.2, 0.25) is 0 Å². The summed E-state index contributed by atoms with van der Waals surface area (Å²) in [6, 6.07) is 4.68. The molecule has 1 aliphatic rings. The lowest BCUT2D eigenvalue weighted by Crippen LogP contribution is -2.40. The van der Waals surface area contributed by atoms with Gasteiger partial charge >= 0.3 is 6.36 Å². The largest absolute Gasteiger partial charge is 0.573 e. The molecular formula is C15H16F5NO2. The van der Waals surface area contributed by atoms with Gasteiger partial charge < -0.3 is 10.1 Å². The first-order chi connectivity index (χ1) is 10.6. The highest BCUT2D eigenvalue weighted by Gasteiger charge is 2.35. The van der Waals surface area contributed by atoms with E-state index in [1.807, 2.05) is 0 Å². The molecular weight excluding hydrogens is 321 g/mol. The van der Waals surface area contributed by atoms with E-state index >= 15 is 0 Å². The van der Waals surface area contributed by atoms with Gasteiger partial charge in [-0.25, -0.2) is 8.78 Å². The van der Waals surface area contributed by atoms with Crippen molar-refractivity contribution in [1.82, 2.24) is 5.32 Å². The number of nitrogens with one attached hydrogen (secondary N) is 1. The van der Waals surface area contributed by atoms with Crippen molar-refractivity contribution in [3.05, 3.63) is 29.8 Å². The highest BCUT2D eigenvalue weighted by atomic mass is 19.4. The summed E-state index contributed by atoms with van der Waals surface area (Å²) in [5.41, 5.74) is 0.512. The minimum absolute atomic E-state index is 0.0286. The predicted octanol–water partition coefficient (Wildman–Crippen LogP) is 3.82. The van der Waals surface area contributed by atoms with Gasteiger partial charge in [-0.05, 0) is 30.5 Å². The number of carbonyl (C=O) groups excluding carboxylic acids is 1. The molecule has 128 valence electrons. The number of hydrogen-bond acceptors (Lipinski definition) is 2. The molecule has 8 heteroatoms. The Labute approximate surface area is 129 Å². The summed E-state index contributed by atoms with van der Waals surface area (Å²) in [6.07, 6.45) is -4.85. The van der Waals surface area contributed by atoms with Crippen LogP contribution < -0.4 is 10.1 Å². The van der Waals surface area contributed by atoms with E-state index in [2.05, 4.69) is 10.1 Å². The van der Waals surface area contributed by atoms with E-state index < -0.39 is 12.3 Å². The molecule has 0 spiro atoms. The van der Waals surface area contributed by atoms with Crippen LogP contribution in [0.4, 0.5) is 22.0 Å². The fourth-order valence-electron chi connectivity index (χ4n) is 2.46. The third-order valence-electron chi connectivity index (χ3n) is 3.60. The molecule has 1 aromatic rings. The van der Waals surface area contributed by atoms with Crippen molar-refractivity contribution in [1.29, 1.82) is 0 Å². The number of amides is 1. The minimum atomic E-state index is -4.76. The second-order valence-corrected chi connectivity index (χ2v) is 5.57. The van der Waals surface area contributed by atoms with Crippen LogP contribution in [0, 0.1) is 0 Å². The molecule has 2 rings (SSSR count). The summed E-state index contributed by atoms with van der Waals surface area (Å²) >= 11 is 0. The van der Waals surface area contributed by atoms with E-state index in [-0.39, 0.29) is 49.8 Å². The molecule has 3 nitrogen and oxygen atoms in total. The van der Waals surface area contributed by atoms with Gasteiger partial charge in [0.25, 0.3) is 0 Å². The van der Waals surface area contributed by atoms with Gasteiger partial charge in [-0.1, -0.05) is 12.1 Å². The van der Waals surface area contributed by atoms with Crippen LogP contribution in [0.5, 0.6) is 5.75 Å². The van der Waals surface area contributed by atoms with Crippen LogP contribution in [0.25, 0.3) is 0 Å². The van der Waals surface area contributed by atoms with Crippen molar-refractivity contribution >= 4 is 5.91 Å². The van der Waals surface area contributed by atoms with Crippen molar-refractivity contribution in [2.45, 2.75) is 50.4 Å². The zero-order valence-electron chi connectivity index (χ0n) is 12.1. The number of rotatable bonds is 4. The molecule has 0 atom stereocenters. The standard InChI is InChI=1S/C15H16F5NO2/c16-14(17)7-5-11(6-8-14)21-13(22)9-10-1-3-12(4-2-10)23-15(18,19)20/h1-4,11H,5-9H2,(H,21,22). The van der Waals surface area contributed by atoms with Crippen molar-refractivity contribution in [2.75, 3.05) is 0 Å². The normalized spacial score (nSPS) is 18.5. The maximum atomic E-state index is 13.0. The Hall–Kier alpha value is -1.86. The lowest BCUT2D eigenvalue weighted by atomic mass is 9.92. The summed E-state index contributed by atoms with van der Waals surface area (Å²) < 4.78 is 65.8. The van der Waals surface area contributed by atoms with E-state index in [1.165, 1.54) is 12.1 Å². The number of carbonyl (C=O) groups is 1. The number of ether oxygens (including phenoxy) is 1. The second-order valence-electron chi connectivity index (χ2n) is 5.57. The van der Waals surface area contributed by atoms with E-state index in [0.29, 0.717) is 5.56 Å². The molecule has 0 radical (unpaired) electrons. The molecule has 0 unspecified atom stereocenters. The Kier molecular flexibility index (Phi) is 5.11. The number of hydrogen-bond donors (Lipinski definition) is 1. The summed E-state index contributed by atoms with van der Waals surface area (Å²) in [6.45, 7) is 0. The molecule has 1 aliphatic carbocycles. The number of benzene rings is 1. The molecule has 1 aromatic carbocycles. The lowest BCUT2D eigenvalue weighted by Gasteiger charge is -2.28. The Morgan fingerprint density at radius 2 is 1.74 bits per heavy atom. The Morgan fingerprint density at radius 1 is 1.17 bits per heavy atom. The Balaban J connectivity index is 1.81. The van der Waals surface area contributed by atoms with Gasteiger partial charge in [0.05, 0.1) is 6.42 Å². The smallest absolute Gasteiger partial charge is 0.406 e. The summed E-state index contributed by atoms with van der Waals surface area (Å²) in [5, 5.41) is 2.67. The Morgan fingerprint density at radius 3 is 2.26 bits per heavy atom. The molecule has 1 saturated carbocycles. The second kappa shape index (κ2) is 6.72. The molecule has 0 aromatic heterocycles. The van der Waals surface area contributed by atoms with Gasteiger partial charge in [-0.2, -0.15) is 0 Å². The van der Waals surface area contributed by atoms with E-state index in [0.717, 1.165) is 12.1 Å². The summed E-state index contributed by atoms with van der Waals surface area (Å²) in [5.74, 6) is -3.36. The molecule has 1 amide bonds. The molecule has 23 heavy (non-hydrogen) atoms. The van der Waals surface area contributed by atoms with Crippen molar-refractivity contribution in [3.8, 4) is 5.75 Å². The minimum Gasteiger partial charge on any atom is -0.406 e. The average Bonchev–Trinajstić information content (AvgIpc) is 2.42. The highest BCUT2D eigenvalue weighted by molar-refractivity contribution is 5.78. The number of halogens is 5. The summed E-state index contributed by atoms with van der Waals surface area (Å²) in [4.78, 5) is 11.8. The third-order valence-corrected chi connectivity index (χ3v) is 3.60. The van der Waals surface area contributed by atoms with E-state index in [9.17, 15) is 26.7 Å². The maximum Gasteiger partial charge on any atom is 0.573 e. The van der Waals surface area contributed by atoms with E-state index in [1.54, 1.807) is 0 Å².